The number of nitrogens with zero attached hydrogens (tertiary/aromatic N) is 1. The Balaban J connectivity index is 1.92. The number of amides is 2. The van der Waals surface area contributed by atoms with Gasteiger partial charge in [-0.1, -0.05) is 30.3 Å². The average Bonchev–Trinajstić information content (AvgIpc) is 2.77. The summed E-state index contributed by atoms with van der Waals surface area (Å²) in [5, 5.41) is -0.334. The second-order valence-corrected chi connectivity index (χ2v) is 5.40. The van der Waals surface area contributed by atoms with E-state index < -0.39 is 0 Å². The molecule has 0 spiro atoms. The molecule has 1 saturated heterocycles. The van der Waals surface area contributed by atoms with E-state index in [1.807, 2.05) is 6.07 Å². The van der Waals surface area contributed by atoms with Gasteiger partial charge in [-0.15, -0.1) is 0 Å². The molecule has 0 aromatic heterocycles. The molecule has 0 radical (unpaired) electrons. The van der Waals surface area contributed by atoms with Gasteiger partial charge in [0.25, 0.3) is 11.1 Å². The summed E-state index contributed by atoms with van der Waals surface area (Å²) in [6, 6.07) is 14.5. The Bertz CT molecular complexity index is 726. The highest BCUT2D eigenvalue weighted by Gasteiger charge is 2.36. The van der Waals surface area contributed by atoms with Gasteiger partial charge < -0.3 is 0 Å². The van der Waals surface area contributed by atoms with E-state index >= 15 is 0 Å². The van der Waals surface area contributed by atoms with Crippen molar-refractivity contribution in [2.24, 2.45) is 0 Å². The number of anilines is 1. The van der Waals surface area contributed by atoms with Crippen LogP contribution in [0.4, 0.5) is 14.9 Å². The Labute approximate surface area is 125 Å². The van der Waals surface area contributed by atoms with Crippen molar-refractivity contribution < 1.29 is 14.0 Å². The van der Waals surface area contributed by atoms with E-state index in [4.69, 9.17) is 0 Å². The third kappa shape index (κ3) is 2.73. The molecule has 1 aliphatic rings. The Morgan fingerprint density at radius 3 is 2.29 bits per heavy atom. The maximum absolute atomic E-state index is 12.9. The molecule has 5 heteroatoms. The molecule has 0 saturated carbocycles. The van der Waals surface area contributed by atoms with Crippen molar-refractivity contribution in [1.82, 2.24) is 0 Å². The fourth-order valence-corrected chi connectivity index (χ4v) is 2.82. The summed E-state index contributed by atoms with van der Waals surface area (Å²) in [6.07, 6.45) is 1.59. The number of benzene rings is 2. The molecule has 0 N–H and O–H groups in total. The first-order valence-corrected chi connectivity index (χ1v) is 7.05. The smallest absolute Gasteiger partial charge is 0.268 e. The number of imide groups is 1. The molecule has 1 fully saturated rings. The van der Waals surface area contributed by atoms with Crippen molar-refractivity contribution in [1.29, 1.82) is 0 Å². The van der Waals surface area contributed by atoms with Crippen LogP contribution in [0.3, 0.4) is 0 Å². The normalized spacial score (nSPS) is 16.8. The fourth-order valence-electron chi connectivity index (χ4n) is 1.98. The summed E-state index contributed by atoms with van der Waals surface area (Å²) in [6.45, 7) is 0. The SMILES string of the molecule is O=C1SC(=Cc2ccc(F)cc2)C(=O)N1c1ccccc1. The zero-order valence-electron chi connectivity index (χ0n) is 10.8. The van der Waals surface area contributed by atoms with Gasteiger partial charge in [0.15, 0.2) is 0 Å². The lowest BCUT2D eigenvalue weighted by molar-refractivity contribution is -0.113. The monoisotopic (exact) mass is 299 g/mol. The lowest BCUT2D eigenvalue weighted by Crippen LogP contribution is -2.27. The summed E-state index contributed by atoms with van der Waals surface area (Å²) in [4.78, 5) is 25.8. The minimum absolute atomic E-state index is 0.329. The van der Waals surface area contributed by atoms with E-state index in [1.54, 1.807) is 42.5 Å². The lowest BCUT2D eigenvalue weighted by atomic mass is 10.2. The van der Waals surface area contributed by atoms with Gasteiger partial charge >= 0.3 is 0 Å². The molecule has 0 bridgehead atoms. The van der Waals surface area contributed by atoms with E-state index in [9.17, 15) is 14.0 Å². The van der Waals surface area contributed by atoms with E-state index in [0.29, 0.717) is 16.2 Å². The number of carbonyl (C=O) groups excluding carboxylic acids is 2. The predicted molar refractivity (Wildman–Crippen MR) is 81.3 cm³/mol. The summed E-state index contributed by atoms with van der Waals surface area (Å²) in [5.41, 5.74) is 1.22. The van der Waals surface area contributed by atoms with Crippen LogP contribution in [0.15, 0.2) is 59.5 Å². The summed E-state index contributed by atoms with van der Waals surface area (Å²) >= 11 is 0.880. The van der Waals surface area contributed by atoms with Gasteiger partial charge in [-0.2, -0.15) is 0 Å². The third-order valence-electron chi connectivity index (χ3n) is 2.98. The highest BCUT2D eigenvalue weighted by Crippen LogP contribution is 2.35. The number of hydrogen-bond acceptors (Lipinski definition) is 3. The molecular weight excluding hydrogens is 289 g/mol. The molecule has 0 unspecified atom stereocenters. The van der Waals surface area contributed by atoms with Gasteiger partial charge in [0, 0.05) is 0 Å². The molecule has 0 aliphatic carbocycles. The van der Waals surface area contributed by atoms with Crippen molar-refractivity contribution in [2.45, 2.75) is 0 Å². The molecule has 2 aromatic carbocycles. The van der Waals surface area contributed by atoms with Gasteiger partial charge in [0.05, 0.1) is 10.6 Å². The fraction of sp³-hybridized carbons (Fsp3) is 0. The maximum Gasteiger partial charge on any atom is 0.298 e. The van der Waals surface area contributed by atoms with Crippen molar-refractivity contribution in [3.63, 3.8) is 0 Å². The van der Waals surface area contributed by atoms with Crippen molar-refractivity contribution in [2.75, 3.05) is 4.90 Å². The number of hydrogen-bond donors (Lipinski definition) is 0. The molecule has 21 heavy (non-hydrogen) atoms. The van der Waals surface area contributed by atoms with Gasteiger partial charge in [-0.05, 0) is 47.7 Å². The molecule has 104 valence electrons. The second kappa shape index (κ2) is 5.54. The Morgan fingerprint density at radius 1 is 0.952 bits per heavy atom. The Hall–Kier alpha value is -2.40. The number of carbonyl (C=O) groups is 2. The largest absolute Gasteiger partial charge is 0.298 e. The van der Waals surface area contributed by atoms with E-state index in [-0.39, 0.29) is 17.0 Å². The predicted octanol–water partition coefficient (Wildman–Crippen LogP) is 4.07. The zero-order valence-corrected chi connectivity index (χ0v) is 11.6. The van der Waals surface area contributed by atoms with Crippen molar-refractivity contribution >= 4 is 34.7 Å². The highest BCUT2D eigenvalue weighted by molar-refractivity contribution is 8.19. The van der Waals surface area contributed by atoms with Crippen LogP contribution in [0.2, 0.25) is 0 Å². The minimum atomic E-state index is -0.361. The molecular formula is C16H10FNO2S. The van der Waals surface area contributed by atoms with Crippen LogP contribution in [-0.2, 0) is 4.79 Å². The van der Waals surface area contributed by atoms with Crippen LogP contribution in [0, 0.1) is 5.82 Å². The number of thioether (sulfide) groups is 1. The lowest BCUT2D eigenvalue weighted by Gasteiger charge is -2.11. The summed E-state index contributed by atoms with van der Waals surface area (Å²) < 4.78 is 12.9. The molecule has 3 nitrogen and oxygen atoms in total. The first-order valence-electron chi connectivity index (χ1n) is 6.24. The van der Waals surface area contributed by atoms with Gasteiger partial charge in [-0.3, -0.25) is 9.59 Å². The number of halogens is 1. The highest BCUT2D eigenvalue weighted by atomic mass is 32.2. The van der Waals surface area contributed by atoms with E-state index in [2.05, 4.69) is 0 Å². The standard InChI is InChI=1S/C16H10FNO2S/c17-12-8-6-11(7-9-12)10-14-15(19)18(16(20)21-14)13-4-2-1-3-5-13/h1-10H. The Kier molecular flexibility index (Phi) is 3.58. The molecule has 2 amide bonds. The van der Waals surface area contributed by atoms with E-state index in [0.717, 1.165) is 16.7 Å². The topological polar surface area (TPSA) is 37.4 Å². The van der Waals surface area contributed by atoms with Crippen LogP contribution in [-0.4, -0.2) is 11.1 Å². The Morgan fingerprint density at radius 2 is 1.62 bits per heavy atom. The van der Waals surface area contributed by atoms with Crippen molar-refractivity contribution in [3.8, 4) is 0 Å². The van der Waals surface area contributed by atoms with Crippen molar-refractivity contribution in [3.05, 3.63) is 70.9 Å². The van der Waals surface area contributed by atoms with Crippen LogP contribution in [0.1, 0.15) is 5.56 Å². The summed E-state index contributed by atoms with van der Waals surface area (Å²) in [7, 11) is 0. The maximum atomic E-state index is 12.9. The second-order valence-electron chi connectivity index (χ2n) is 4.40. The molecule has 1 aliphatic heterocycles. The number of para-hydroxylation sites is 1. The van der Waals surface area contributed by atoms with E-state index in [1.165, 1.54) is 12.1 Å². The minimum Gasteiger partial charge on any atom is -0.268 e. The quantitative estimate of drug-likeness (QED) is 0.785. The van der Waals surface area contributed by atoms with Crippen LogP contribution in [0.25, 0.3) is 6.08 Å². The molecule has 1 heterocycles. The van der Waals surface area contributed by atoms with Crippen LogP contribution < -0.4 is 4.90 Å². The van der Waals surface area contributed by atoms with Gasteiger partial charge in [-0.25, -0.2) is 9.29 Å². The first kappa shape index (κ1) is 13.6. The first-order chi connectivity index (χ1) is 10.1. The molecule has 2 aromatic rings. The third-order valence-corrected chi connectivity index (χ3v) is 3.85. The average molecular weight is 299 g/mol. The van der Waals surface area contributed by atoms with Gasteiger partial charge in [0.1, 0.15) is 5.82 Å². The van der Waals surface area contributed by atoms with Crippen LogP contribution >= 0.6 is 11.8 Å². The molecule has 0 atom stereocenters. The zero-order chi connectivity index (χ0) is 14.8. The number of rotatable bonds is 2. The molecule has 3 rings (SSSR count). The van der Waals surface area contributed by atoms with Gasteiger partial charge in [0.2, 0.25) is 0 Å². The van der Waals surface area contributed by atoms with Crippen LogP contribution in [0.5, 0.6) is 0 Å². The summed E-state index contributed by atoms with van der Waals surface area (Å²) in [5.74, 6) is -0.704.